The van der Waals surface area contributed by atoms with E-state index in [-0.39, 0.29) is 17.9 Å². The van der Waals surface area contributed by atoms with E-state index in [1.165, 1.54) is 4.91 Å². The quantitative estimate of drug-likeness (QED) is 0.726. The van der Waals surface area contributed by atoms with Crippen LogP contribution in [0.2, 0.25) is 0 Å². The molecule has 4 heteroatoms. The molecule has 1 N–H and O–H groups in total. The molecule has 0 saturated carbocycles. The molecule has 3 nitrogen and oxygen atoms in total. The molecule has 1 saturated heterocycles. The van der Waals surface area contributed by atoms with E-state index < -0.39 is 6.10 Å². The van der Waals surface area contributed by atoms with Gasteiger partial charge in [0.25, 0.3) is 0 Å². The molecular weight excluding hydrogens is 210 g/mol. The fourth-order valence-corrected chi connectivity index (χ4v) is 3.79. The molecule has 2 aliphatic heterocycles. The number of carbonyl (C=O) groups excluding carboxylic acids is 1. The molecule has 0 aromatic carbocycles. The Labute approximate surface area is 94.5 Å². The van der Waals surface area contributed by atoms with Crippen molar-refractivity contribution >= 4 is 17.7 Å². The van der Waals surface area contributed by atoms with Gasteiger partial charge in [-0.3, -0.25) is 4.79 Å². The van der Waals surface area contributed by atoms with Crippen molar-refractivity contribution in [3.63, 3.8) is 0 Å². The lowest BCUT2D eigenvalue weighted by molar-refractivity contribution is -0.159. The zero-order valence-electron chi connectivity index (χ0n) is 9.52. The number of rotatable bonds is 2. The van der Waals surface area contributed by atoms with Crippen LogP contribution in [0.5, 0.6) is 0 Å². The van der Waals surface area contributed by atoms with Crippen molar-refractivity contribution in [3.8, 4) is 0 Å². The minimum Gasteiger partial charge on any atom is -0.393 e. The van der Waals surface area contributed by atoms with Crippen molar-refractivity contribution in [2.75, 3.05) is 6.26 Å². The van der Waals surface area contributed by atoms with Crippen LogP contribution in [-0.2, 0) is 4.79 Å². The fraction of sp³-hybridized carbons (Fsp3) is 0.727. The Morgan fingerprint density at radius 3 is 2.60 bits per heavy atom. The van der Waals surface area contributed by atoms with E-state index in [4.69, 9.17) is 0 Å². The van der Waals surface area contributed by atoms with Gasteiger partial charge in [0, 0.05) is 16.5 Å². The highest BCUT2D eigenvalue weighted by Crippen LogP contribution is 2.49. The maximum absolute atomic E-state index is 11.8. The highest BCUT2D eigenvalue weighted by atomic mass is 32.2. The number of aliphatic hydroxyl groups is 1. The SMILES string of the molecule is CSC1=C(C)N2C(=O)[C@H]([C@@H](C)O)[C@H]2[C@H]1C. The topological polar surface area (TPSA) is 40.5 Å². The number of β-lactam (4-membered cyclic amide) rings is 1. The van der Waals surface area contributed by atoms with Gasteiger partial charge < -0.3 is 10.0 Å². The first kappa shape index (κ1) is 11.0. The second-order valence-electron chi connectivity index (χ2n) is 4.41. The van der Waals surface area contributed by atoms with E-state index in [1.54, 1.807) is 18.7 Å². The molecule has 1 fully saturated rings. The van der Waals surface area contributed by atoms with Crippen LogP contribution in [0.15, 0.2) is 10.6 Å². The van der Waals surface area contributed by atoms with Crippen molar-refractivity contribution in [2.24, 2.45) is 11.8 Å². The molecule has 84 valence electrons. The van der Waals surface area contributed by atoms with Gasteiger partial charge in [-0.1, -0.05) is 6.92 Å². The van der Waals surface area contributed by atoms with Crippen LogP contribution in [0, 0.1) is 11.8 Å². The smallest absolute Gasteiger partial charge is 0.234 e. The Bertz CT molecular complexity index is 337. The van der Waals surface area contributed by atoms with Crippen LogP contribution in [0.1, 0.15) is 20.8 Å². The molecule has 4 atom stereocenters. The lowest BCUT2D eigenvalue weighted by Crippen LogP contribution is -2.62. The summed E-state index contributed by atoms with van der Waals surface area (Å²) in [4.78, 5) is 15.0. The van der Waals surface area contributed by atoms with Gasteiger partial charge in [-0.25, -0.2) is 0 Å². The molecule has 2 aliphatic rings. The van der Waals surface area contributed by atoms with E-state index in [9.17, 15) is 9.90 Å². The van der Waals surface area contributed by atoms with Gasteiger partial charge in [-0.05, 0) is 20.1 Å². The largest absolute Gasteiger partial charge is 0.393 e. The maximum atomic E-state index is 11.8. The number of hydrogen-bond donors (Lipinski definition) is 1. The Morgan fingerprint density at radius 2 is 2.13 bits per heavy atom. The predicted molar refractivity (Wildman–Crippen MR) is 61.2 cm³/mol. The number of amides is 1. The fourth-order valence-electron chi connectivity index (χ4n) is 2.88. The van der Waals surface area contributed by atoms with Crippen LogP contribution in [0.25, 0.3) is 0 Å². The molecule has 0 aromatic heterocycles. The molecule has 15 heavy (non-hydrogen) atoms. The molecule has 0 unspecified atom stereocenters. The molecule has 2 rings (SSSR count). The van der Waals surface area contributed by atoms with E-state index in [1.807, 2.05) is 18.1 Å². The molecule has 0 spiro atoms. The third-order valence-corrected chi connectivity index (χ3v) is 4.68. The van der Waals surface area contributed by atoms with E-state index in [2.05, 4.69) is 6.92 Å². The summed E-state index contributed by atoms with van der Waals surface area (Å²) in [6, 6.07) is 0.194. The van der Waals surface area contributed by atoms with E-state index >= 15 is 0 Å². The Hall–Kier alpha value is -0.480. The lowest BCUT2D eigenvalue weighted by atomic mass is 9.79. The maximum Gasteiger partial charge on any atom is 0.234 e. The standard InChI is InChI=1S/C11H17NO2S/c1-5-9-8(7(3)13)11(14)12(9)6(2)10(5)15-4/h5,7-9,13H,1-4H3/t5-,7-,8-,9-/m1/s1. The van der Waals surface area contributed by atoms with Gasteiger partial charge in [0.2, 0.25) is 5.91 Å². The Balaban J connectivity index is 2.29. The van der Waals surface area contributed by atoms with Gasteiger partial charge in [-0.15, -0.1) is 11.8 Å². The lowest BCUT2D eigenvalue weighted by Gasteiger charge is -2.46. The summed E-state index contributed by atoms with van der Waals surface area (Å²) in [5, 5.41) is 9.58. The molecule has 1 amide bonds. The third-order valence-electron chi connectivity index (χ3n) is 3.57. The number of carbonyl (C=O) groups is 1. The normalized spacial score (nSPS) is 36.7. The Morgan fingerprint density at radius 1 is 1.53 bits per heavy atom. The molecule has 2 heterocycles. The van der Waals surface area contributed by atoms with Crippen LogP contribution >= 0.6 is 11.8 Å². The second kappa shape index (κ2) is 3.52. The summed E-state index contributed by atoms with van der Waals surface area (Å²) in [6.45, 7) is 5.85. The van der Waals surface area contributed by atoms with Gasteiger partial charge in [0.1, 0.15) is 0 Å². The number of fused-ring (bicyclic) bond motifs is 1. The van der Waals surface area contributed by atoms with Crippen molar-refractivity contribution in [2.45, 2.75) is 32.9 Å². The summed E-state index contributed by atoms with van der Waals surface area (Å²) in [5.74, 6) is 0.264. The minimum absolute atomic E-state index is 0.0865. The minimum atomic E-state index is -0.532. The second-order valence-corrected chi connectivity index (χ2v) is 5.26. The zero-order chi connectivity index (χ0) is 11.3. The molecule has 0 bridgehead atoms. The van der Waals surface area contributed by atoms with E-state index in [0.717, 1.165) is 5.70 Å². The number of allylic oxidation sites excluding steroid dienone is 1. The highest BCUT2D eigenvalue weighted by molar-refractivity contribution is 8.02. The first-order valence-corrected chi connectivity index (χ1v) is 6.49. The van der Waals surface area contributed by atoms with Crippen molar-refractivity contribution in [3.05, 3.63) is 10.6 Å². The zero-order valence-corrected chi connectivity index (χ0v) is 10.3. The van der Waals surface area contributed by atoms with Crippen molar-refractivity contribution in [1.82, 2.24) is 4.90 Å². The first-order valence-electron chi connectivity index (χ1n) is 5.26. The van der Waals surface area contributed by atoms with Gasteiger partial charge >= 0.3 is 0 Å². The number of hydrogen-bond acceptors (Lipinski definition) is 3. The summed E-state index contributed by atoms with van der Waals surface area (Å²) < 4.78 is 0. The average molecular weight is 227 g/mol. The highest BCUT2D eigenvalue weighted by Gasteiger charge is 2.57. The molecule has 0 aromatic rings. The number of nitrogens with zero attached hydrogens (tertiary/aromatic N) is 1. The Kier molecular flexibility index (Phi) is 2.59. The summed E-state index contributed by atoms with van der Waals surface area (Å²) in [5.41, 5.74) is 1.09. The molecule has 0 aliphatic carbocycles. The number of aliphatic hydroxyl groups excluding tert-OH is 1. The number of thioether (sulfide) groups is 1. The summed E-state index contributed by atoms with van der Waals surface area (Å²) >= 11 is 1.72. The van der Waals surface area contributed by atoms with Crippen molar-refractivity contribution in [1.29, 1.82) is 0 Å². The third kappa shape index (κ3) is 1.27. The van der Waals surface area contributed by atoms with Crippen LogP contribution in [-0.4, -0.2) is 34.3 Å². The summed E-state index contributed by atoms with van der Waals surface area (Å²) in [6.07, 6.45) is 1.51. The average Bonchev–Trinajstić information content (AvgIpc) is 2.33. The van der Waals surface area contributed by atoms with Gasteiger partial charge in [0.05, 0.1) is 18.1 Å². The molecule has 0 radical (unpaired) electrons. The van der Waals surface area contributed by atoms with Gasteiger partial charge in [-0.2, -0.15) is 0 Å². The van der Waals surface area contributed by atoms with Crippen LogP contribution in [0.3, 0.4) is 0 Å². The summed E-state index contributed by atoms with van der Waals surface area (Å²) in [7, 11) is 0. The van der Waals surface area contributed by atoms with Crippen LogP contribution < -0.4 is 0 Å². The van der Waals surface area contributed by atoms with E-state index in [0.29, 0.717) is 5.92 Å². The van der Waals surface area contributed by atoms with Crippen LogP contribution in [0.4, 0.5) is 0 Å². The first-order chi connectivity index (χ1) is 7.00. The van der Waals surface area contributed by atoms with Gasteiger partial charge in [0.15, 0.2) is 0 Å². The predicted octanol–water partition coefficient (Wildman–Crippen LogP) is 1.44. The monoisotopic (exact) mass is 227 g/mol. The van der Waals surface area contributed by atoms with Crippen molar-refractivity contribution < 1.29 is 9.90 Å². The molecular formula is C11H17NO2S.